The van der Waals surface area contributed by atoms with E-state index in [1.807, 2.05) is 16.7 Å². The van der Waals surface area contributed by atoms with Gasteiger partial charge in [0.25, 0.3) is 0 Å². The monoisotopic (exact) mass is 307 g/mol. The van der Waals surface area contributed by atoms with Gasteiger partial charge in [-0.1, -0.05) is 0 Å². The van der Waals surface area contributed by atoms with Gasteiger partial charge in [0.15, 0.2) is 15.8 Å². The molecule has 0 bridgehead atoms. The Balaban J connectivity index is 2.60. The minimum absolute atomic E-state index is 0.200. The number of guanidine groups is 1. The van der Waals surface area contributed by atoms with Crippen LogP contribution in [0.4, 0.5) is 0 Å². The van der Waals surface area contributed by atoms with Crippen molar-refractivity contribution in [2.75, 3.05) is 44.4 Å². The van der Waals surface area contributed by atoms with E-state index in [1.165, 1.54) is 0 Å². The fourth-order valence-electron chi connectivity index (χ4n) is 2.07. The van der Waals surface area contributed by atoms with Crippen LogP contribution in [0.3, 0.4) is 0 Å². The van der Waals surface area contributed by atoms with Crippen LogP contribution in [0, 0.1) is 0 Å². The predicted octanol–water partition coefficient (Wildman–Crippen LogP) is 0.824. The summed E-state index contributed by atoms with van der Waals surface area (Å²) in [6, 6.07) is 0. The highest BCUT2D eigenvalue weighted by molar-refractivity contribution is 7.98. The first kappa shape index (κ1) is 16.6. The summed E-state index contributed by atoms with van der Waals surface area (Å²) >= 11 is 1.82. The summed E-state index contributed by atoms with van der Waals surface area (Å²) in [6.07, 6.45) is 3.17. The largest absolute Gasteiger partial charge is 0.356 e. The summed E-state index contributed by atoms with van der Waals surface area (Å²) in [7, 11) is -1.25. The minimum Gasteiger partial charge on any atom is -0.356 e. The summed E-state index contributed by atoms with van der Waals surface area (Å²) in [5, 5.41) is 3.31. The van der Waals surface area contributed by atoms with Crippen LogP contribution in [0.25, 0.3) is 0 Å². The molecule has 1 N–H and O–H groups in total. The lowest BCUT2D eigenvalue weighted by Gasteiger charge is -2.39. The van der Waals surface area contributed by atoms with Crippen molar-refractivity contribution in [3.05, 3.63) is 0 Å². The molecule has 0 saturated carbocycles. The second kappa shape index (κ2) is 6.83. The van der Waals surface area contributed by atoms with E-state index in [-0.39, 0.29) is 5.75 Å². The lowest BCUT2D eigenvalue weighted by atomic mass is 10.2. The number of aliphatic imine (C=N–C) groups is 1. The number of sulfone groups is 1. The first-order valence-corrected chi connectivity index (χ1v) is 9.55. The molecule has 0 unspecified atom stereocenters. The Hall–Kier alpha value is -0.430. The van der Waals surface area contributed by atoms with Crippen LogP contribution in [0.5, 0.6) is 0 Å². The average molecular weight is 307 g/mol. The Morgan fingerprint density at radius 1 is 1.47 bits per heavy atom. The van der Waals surface area contributed by atoms with Crippen LogP contribution < -0.4 is 5.32 Å². The summed E-state index contributed by atoms with van der Waals surface area (Å²) < 4.78 is 23.2. The summed E-state index contributed by atoms with van der Waals surface area (Å²) in [6.45, 7) is 5.47. The Morgan fingerprint density at radius 2 is 2.16 bits per heavy atom. The molecule has 112 valence electrons. The van der Waals surface area contributed by atoms with E-state index >= 15 is 0 Å². The van der Waals surface area contributed by atoms with Gasteiger partial charge in [0.2, 0.25) is 0 Å². The van der Waals surface area contributed by atoms with Gasteiger partial charge < -0.3 is 10.2 Å². The highest BCUT2D eigenvalue weighted by Crippen LogP contribution is 2.23. The topological polar surface area (TPSA) is 61.8 Å². The van der Waals surface area contributed by atoms with Gasteiger partial charge in [-0.05, 0) is 32.3 Å². The van der Waals surface area contributed by atoms with E-state index in [4.69, 9.17) is 0 Å². The molecule has 0 aromatic rings. The maximum atomic E-state index is 12.0. The standard InChI is InChI=1S/C12H25N3O2S2/c1-12(2)10-15(7-9-19(12,16)17)11(13-3)14-6-5-8-18-4/h5-10H2,1-4H3,(H,13,14). The van der Waals surface area contributed by atoms with Crippen molar-refractivity contribution in [2.45, 2.75) is 25.0 Å². The molecule has 1 rings (SSSR count). The van der Waals surface area contributed by atoms with Gasteiger partial charge in [0.05, 0.1) is 10.5 Å². The number of nitrogens with one attached hydrogen (secondary N) is 1. The Bertz CT molecular complexity index is 419. The molecular weight excluding hydrogens is 282 g/mol. The van der Waals surface area contributed by atoms with Gasteiger partial charge >= 0.3 is 0 Å². The zero-order chi connectivity index (χ0) is 14.5. The smallest absolute Gasteiger partial charge is 0.193 e. The van der Waals surface area contributed by atoms with Gasteiger partial charge in [-0.15, -0.1) is 0 Å². The number of nitrogens with zero attached hydrogens (tertiary/aromatic N) is 2. The van der Waals surface area contributed by atoms with Gasteiger partial charge in [0, 0.05) is 26.7 Å². The van der Waals surface area contributed by atoms with E-state index in [9.17, 15) is 8.42 Å². The molecule has 1 saturated heterocycles. The van der Waals surface area contributed by atoms with Crippen LogP contribution in [0.15, 0.2) is 4.99 Å². The third kappa shape index (κ3) is 4.27. The fraction of sp³-hybridized carbons (Fsp3) is 0.917. The lowest BCUT2D eigenvalue weighted by Crippen LogP contribution is -2.57. The van der Waals surface area contributed by atoms with E-state index < -0.39 is 14.6 Å². The van der Waals surface area contributed by atoms with Crippen LogP contribution in [-0.2, 0) is 9.84 Å². The van der Waals surface area contributed by atoms with E-state index in [1.54, 1.807) is 20.9 Å². The third-order valence-electron chi connectivity index (χ3n) is 3.36. The van der Waals surface area contributed by atoms with Crippen LogP contribution >= 0.6 is 11.8 Å². The van der Waals surface area contributed by atoms with Gasteiger partial charge in [-0.3, -0.25) is 4.99 Å². The zero-order valence-corrected chi connectivity index (χ0v) is 13.9. The van der Waals surface area contributed by atoms with Crippen molar-refractivity contribution < 1.29 is 8.42 Å². The normalized spacial score (nSPS) is 22.3. The van der Waals surface area contributed by atoms with Crippen LogP contribution in [-0.4, -0.2) is 68.5 Å². The molecular formula is C12H25N3O2S2. The van der Waals surface area contributed by atoms with Gasteiger partial charge in [-0.2, -0.15) is 11.8 Å². The van der Waals surface area contributed by atoms with Crippen molar-refractivity contribution in [1.29, 1.82) is 0 Å². The lowest BCUT2D eigenvalue weighted by molar-refractivity contribution is 0.353. The molecule has 5 nitrogen and oxygen atoms in total. The van der Waals surface area contributed by atoms with E-state index in [2.05, 4.69) is 16.6 Å². The highest BCUT2D eigenvalue weighted by Gasteiger charge is 2.40. The summed E-state index contributed by atoms with van der Waals surface area (Å²) in [4.78, 5) is 6.29. The van der Waals surface area contributed by atoms with Crippen molar-refractivity contribution in [1.82, 2.24) is 10.2 Å². The van der Waals surface area contributed by atoms with Gasteiger partial charge in [-0.25, -0.2) is 8.42 Å². The molecule has 7 heteroatoms. The Morgan fingerprint density at radius 3 is 2.68 bits per heavy atom. The molecule has 1 fully saturated rings. The molecule has 0 aromatic heterocycles. The van der Waals surface area contributed by atoms with Crippen molar-refractivity contribution >= 4 is 27.6 Å². The summed E-state index contributed by atoms with van der Waals surface area (Å²) in [5.41, 5.74) is 0. The van der Waals surface area contributed by atoms with Gasteiger partial charge in [0.1, 0.15) is 0 Å². The highest BCUT2D eigenvalue weighted by atomic mass is 32.2. The molecule has 0 aromatic carbocycles. The fourth-order valence-corrected chi connectivity index (χ4v) is 3.87. The summed E-state index contributed by atoms with van der Waals surface area (Å²) in [5.74, 6) is 2.12. The molecule has 0 radical (unpaired) electrons. The number of thioether (sulfide) groups is 1. The maximum Gasteiger partial charge on any atom is 0.193 e. The second-order valence-corrected chi connectivity index (χ2v) is 9.05. The third-order valence-corrected chi connectivity index (χ3v) is 6.59. The maximum absolute atomic E-state index is 12.0. The Labute approximate surface area is 121 Å². The number of rotatable bonds is 4. The average Bonchev–Trinajstić information content (AvgIpc) is 2.33. The zero-order valence-electron chi connectivity index (χ0n) is 12.3. The van der Waals surface area contributed by atoms with Crippen LogP contribution in [0.1, 0.15) is 20.3 Å². The number of hydrogen-bond donors (Lipinski definition) is 1. The van der Waals surface area contributed by atoms with Crippen molar-refractivity contribution in [2.24, 2.45) is 4.99 Å². The first-order valence-electron chi connectivity index (χ1n) is 6.51. The molecule has 0 aliphatic carbocycles. The minimum atomic E-state index is -2.99. The SMILES string of the molecule is CN=C(NCCCSC)N1CCS(=O)(=O)C(C)(C)C1. The first-order chi connectivity index (χ1) is 8.84. The quantitative estimate of drug-likeness (QED) is 0.473. The van der Waals surface area contributed by atoms with Crippen LogP contribution in [0.2, 0.25) is 0 Å². The Kier molecular flexibility index (Phi) is 5.98. The molecule has 0 spiro atoms. The molecule has 19 heavy (non-hydrogen) atoms. The molecule has 0 amide bonds. The molecule has 0 atom stereocenters. The predicted molar refractivity (Wildman–Crippen MR) is 83.8 cm³/mol. The molecule has 1 heterocycles. The number of hydrogen-bond acceptors (Lipinski definition) is 4. The molecule has 1 aliphatic rings. The van der Waals surface area contributed by atoms with Crippen molar-refractivity contribution in [3.63, 3.8) is 0 Å². The molecule has 1 aliphatic heterocycles. The van der Waals surface area contributed by atoms with E-state index in [0.717, 1.165) is 24.7 Å². The van der Waals surface area contributed by atoms with E-state index in [0.29, 0.717) is 13.1 Å². The van der Waals surface area contributed by atoms with Crippen molar-refractivity contribution in [3.8, 4) is 0 Å². The second-order valence-electron chi connectivity index (χ2n) is 5.32.